The third-order valence-corrected chi connectivity index (χ3v) is 4.23. The zero-order valence-corrected chi connectivity index (χ0v) is 16.3. The minimum Gasteiger partial charge on any atom is -0.507 e. The molecule has 0 fully saturated rings. The van der Waals surface area contributed by atoms with Crippen molar-refractivity contribution < 1.29 is 19.4 Å². The number of rotatable bonds is 7. The van der Waals surface area contributed by atoms with Crippen LogP contribution in [0.1, 0.15) is 18.3 Å². The number of aromatic amines is 1. The van der Waals surface area contributed by atoms with Gasteiger partial charge in [-0.2, -0.15) is 5.26 Å². The van der Waals surface area contributed by atoms with Gasteiger partial charge in [0.2, 0.25) is 0 Å². The zero-order valence-electron chi connectivity index (χ0n) is 16.3. The number of imidazole rings is 1. The molecule has 1 heterocycles. The lowest BCUT2D eigenvalue weighted by molar-refractivity contribution is 0.137. The van der Waals surface area contributed by atoms with Crippen molar-refractivity contribution >= 4 is 22.3 Å². The van der Waals surface area contributed by atoms with E-state index in [2.05, 4.69) is 15.1 Å². The highest BCUT2D eigenvalue weighted by Crippen LogP contribution is 2.25. The van der Waals surface area contributed by atoms with Gasteiger partial charge < -0.3 is 24.4 Å². The first-order valence-electron chi connectivity index (χ1n) is 8.73. The Labute approximate surface area is 167 Å². The molecule has 0 saturated carbocycles. The van der Waals surface area contributed by atoms with Crippen LogP contribution in [0.2, 0.25) is 0 Å². The Morgan fingerprint density at radius 2 is 2.00 bits per heavy atom. The summed E-state index contributed by atoms with van der Waals surface area (Å²) in [4.78, 5) is 12.6. The molecule has 0 unspecified atom stereocenters. The van der Waals surface area contributed by atoms with Crippen molar-refractivity contribution in [1.82, 2.24) is 9.97 Å². The predicted octanol–water partition coefficient (Wildman–Crippen LogP) is 3.81. The number of oxime groups is 1. The molecule has 0 radical (unpaired) electrons. The molecule has 3 aromatic rings. The SMILES string of the molecule is COc1ccc(C(C)=NOC/C(O)=C(\C#N)c2nc3ccccc3[nH]2)c(OC)c1. The van der Waals surface area contributed by atoms with Gasteiger partial charge in [-0.15, -0.1) is 0 Å². The van der Waals surface area contributed by atoms with Crippen LogP contribution in [0.25, 0.3) is 16.6 Å². The Kier molecular flexibility index (Phi) is 6.00. The average molecular weight is 392 g/mol. The molecular formula is C21H20N4O4. The average Bonchev–Trinajstić information content (AvgIpc) is 3.17. The number of fused-ring (bicyclic) bond motifs is 1. The number of hydrogen-bond donors (Lipinski definition) is 2. The van der Waals surface area contributed by atoms with E-state index in [1.807, 2.05) is 30.3 Å². The van der Waals surface area contributed by atoms with E-state index in [1.165, 1.54) is 0 Å². The number of hydrogen-bond acceptors (Lipinski definition) is 7. The Morgan fingerprint density at radius 1 is 1.21 bits per heavy atom. The fraction of sp³-hybridized carbons (Fsp3) is 0.190. The van der Waals surface area contributed by atoms with Gasteiger partial charge in [0, 0.05) is 11.6 Å². The lowest BCUT2D eigenvalue weighted by Crippen LogP contribution is -2.03. The molecule has 8 nitrogen and oxygen atoms in total. The van der Waals surface area contributed by atoms with Gasteiger partial charge in [-0.25, -0.2) is 4.98 Å². The van der Waals surface area contributed by atoms with Gasteiger partial charge in [0.15, 0.2) is 18.2 Å². The number of ether oxygens (including phenoxy) is 2. The Hall–Kier alpha value is -3.99. The van der Waals surface area contributed by atoms with Crippen LogP contribution in [0.3, 0.4) is 0 Å². The number of nitrogens with zero attached hydrogens (tertiary/aromatic N) is 3. The monoisotopic (exact) mass is 392 g/mol. The number of aliphatic hydroxyl groups excluding tert-OH is 1. The second kappa shape index (κ2) is 8.80. The van der Waals surface area contributed by atoms with Gasteiger partial charge in [-0.05, 0) is 31.2 Å². The minimum atomic E-state index is -0.282. The van der Waals surface area contributed by atoms with Gasteiger partial charge in [-0.3, -0.25) is 0 Å². The van der Waals surface area contributed by atoms with E-state index < -0.39 is 0 Å². The van der Waals surface area contributed by atoms with E-state index in [-0.39, 0.29) is 23.8 Å². The van der Waals surface area contributed by atoms with E-state index in [0.29, 0.717) is 22.7 Å². The van der Waals surface area contributed by atoms with Crippen LogP contribution in [0.5, 0.6) is 11.5 Å². The highest BCUT2D eigenvalue weighted by Gasteiger charge is 2.14. The quantitative estimate of drug-likeness (QED) is 0.274. The van der Waals surface area contributed by atoms with Gasteiger partial charge in [0.25, 0.3) is 0 Å². The summed E-state index contributed by atoms with van der Waals surface area (Å²) in [6.45, 7) is 1.46. The molecule has 1 aromatic heterocycles. The third kappa shape index (κ3) is 4.30. The maximum Gasteiger partial charge on any atom is 0.175 e. The van der Waals surface area contributed by atoms with E-state index in [1.54, 1.807) is 39.3 Å². The van der Waals surface area contributed by atoms with Crippen LogP contribution >= 0.6 is 0 Å². The summed E-state index contributed by atoms with van der Waals surface area (Å²) in [5.74, 6) is 1.23. The summed E-state index contributed by atoms with van der Waals surface area (Å²) in [6, 6.07) is 14.6. The molecule has 0 aliphatic rings. The van der Waals surface area contributed by atoms with Crippen molar-refractivity contribution in [2.24, 2.45) is 5.16 Å². The number of aliphatic hydroxyl groups is 1. The van der Waals surface area contributed by atoms with Gasteiger partial charge >= 0.3 is 0 Å². The molecule has 8 heteroatoms. The number of allylic oxidation sites excluding steroid dienone is 1. The van der Waals surface area contributed by atoms with Crippen molar-refractivity contribution in [1.29, 1.82) is 5.26 Å². The van der Waals surface area contributed by atoms with E-state index in [9.17, 15) is 10.4 Å². The molecule has 29 heavy (non-hydrogen) atoms. The lowest BCUT2D eigenvalue weighted by atomic mass is 10.1. The molecule has 0 amide bonds. The normalized spacial score (nSPS) is 12.3. The lowest BCUT2D eigenvalue weighted by Gasteiger charge is -2.10. The third-order valence-electron chi connectivity index (χ3n) is 4.23. The first-order valence-corrected chi connectivity index (χ1v) is 8.73. The van der Waals surface area contributed by atoms with Crippen molar-refractivity contribution in [2.45, 2.75) is 6.92 Å². The Balaban J connectivity index is 1.78. The van der Waals surface area contributed by atoms with Crippen LogP contribution < -0.4 is 9.47 Å². The summed E-state index contributed by atoms with van der Waals surface area (Å²) in [6.07, 6.45) is 0. The van der Waals surface area contributed by atoms with Crippen molar-refractivity contribution in [2.75, 3.05) is 20.8 Å². The molecule has 148 valence electrons. The number of aromatic nitrogens is 2. The van der Waals surface area contributed by atoms with E-state index >= 15 is 0 Å². The number of methoxy groups -OCH3 is 2. The highest BCUT2D eigenvalue weighted by atomic mass is 16.6. The largest absolute Gasteiger partial charge is 0.507 e. The van der Waals surface area contributed by atoms with Gasteiger partial charge in [0.05, 0.1) is 31.0 Å². The van der Waals surface area contributed by atoms with E-state index in [0.717, 1.165) is 11.1 Å². The Morgan fingerprint density at radius 3 is 2.69 bits per heavy atom. The summed E-state index contributed by atoms with van der Waals surface area (Å²) in [5.41, 5.74) is 2.72. The molecule has 0 spiro atoms. The smallest absolute Gasteiger partial charge is 0.175 e. The number of para-hydroxylation sites is 2. The molecule has 0 atom stereocenters. The number of nitriles is 1. The summed E-state index contributed by atoms with van der Waals surface area (Å²) in [5, 5.41) is 23.7. The highest BCUT2D eigenvalue weighted by molar-refractivity contribution is 6.01. The molecule has 0 bridgehead atoms. The molecule has 0 aliphatic carbocycles. The number of benzene rings is 2. The zero-order chi connectivity index (χ0) is 20.8. The molecular weight excluding hydrogens is 372 g/mol. The predicted molar refractivity (Wildman–Crippen MR) is 109 cm³/mol. The van der Waals surface area contributed by atoms with Crippen LogP contribution in [-0.4, -0.2) is 41.6 Å². The minimum absolute atomic E-state index is 0.00363. The summed E-state index contributed by atoms with van der Waals surface area (Å²) >= 11 is 0. The molecule has 2 aromatic carbocycles. The number of H-pyrrole nitrogens is 1. The van der Waals surface area contributed by atoms with Crippen LogP contribution in [0.15, 0.2) is 53.4 Å². The van der Waals surface area contributed by atoms with Gasteiger partial charge in [-0.1, -0.05) is 17.3 Å². The van der Waals surface area contributed by atoms with Gasteiger partial charge in [0.1, 0.15) is 23.1 Å². The fourth-order valence-electron chi connectivity index (χ4n) is 2.73. The Bertz CT molecular complexity index is 1090. The molecule has 3 rings (SSSR count). The van der Waals surface area contributed by atoms with Crippen LogP contribution in [-0.2, 0) is 4.84 Å². The second-order valence-corrected chi connectivity index (χ2v) is 6.05. The first-order chi connectivity index (χ1) is 14.1. The second-order valence-electron chi connectivity index (χ2n) is 6.05. The maximum absolute atomic E-state index is 10.3. The van der Waals surface area contributed by atoms with Crippen molar-refractivity contribution in [3.05, 3.63) is 59.6 Å². The number of nitrogens with one attached hydrogen (secondary N) is 1. The first kappa shape index (κ1) is 19.8. The van der Waals surface area contributed by atoms with E-state index in [4.69, 9.17) is 14.3 Å². The van der Waals surface area contributed by atoms with Crippen molar-refractivity contribution in [3.8, 4) is 17.6 Å². The molecule has 0 aliphatic heterocycles. The maximum atomic E-state index is 10.3. The standard InChI is InChI=1S/C21H20N4O4/c1-13(15-9-8-14(27-2)10-20(15)28-3)25-29-12-19(26)16(11-22)21-23-17-6-4-5-7-18(17)24-21/h4-10,26H,12H2,1-3H3,(H,23,24)/b19-16-,25-13?. The van der Waals surface area contributed by atoms with Crippen LogP contribution in [0, 0.1) is 11.3 Å². The molecule has 2 N–H and O–H groups in total. The topological polar surface area (TPSA) is 113 Å². The van der Waals surface area contributed by atoms with Crippen LogP contribution in [0.4, 0.5) is 0 Å². The summed E-state index contributed by atoms with van der Waals surface area (Å²) in [7, 11) is 3.12. The van der Waals surface area contributed by atoms with Crippen molar-refractivity contribution in [3.63, 3.8) is 0 Å². The molecule has 0 saturated heterocycles. The summed E-state index contributed by atoms with van der Waals surface area (Å²) < 4.78 is 10.5. The fourth-order valence-corrected chi connectivity index (χ4v) is 2.73.